The lowest BCUT2D eigenvalue weighted by Crippen LogP contribution is -2.01. The Labute approximate surface area is 81.3 Å². The molecule has 1 aromatic rings. The fourth-order valence-corrected chi connectivity index (χ4v) is 1.15. The highest BCUT2D eigenvalue weighted by atomic mass is 19.1. The molecule has 2 nitrogen and oxygen atoms in total. The van der Waals surface area contributed by atoms with Crippen LogP contribution in [0.2, 0.25) is 0 Å². The van der Waals surface area contributed by atoms with E-state index in [9.17, 15) is 9.18 Å². The first-order chi connectivity index (χ1) is 6.65. The average molecular weight is 189 g/mol. The molecule has 0 saturated carbocycles. The van der Waals surface area contributed by atoms with Crippen LogP contribution in [0.25, 0.3) is 5.83 Å². The molecule has 0 aliphatic carbocycles. The largest absolute Gasteiger partial charge is 0.282 e. The van der Waals surface area contributed by atoms with Crippen molar-refractivity contribution in [2.75, 3.05) is 0 Å². The number of ketones is 1. The van der Waals surface area contributed by atoms with Gasteiger partial charge in [0.15, 0.2) is 0 Å². The molecular formula is C11H8FNO. The molecule has 0 radical (unpaired) electrons. The van der Waals surface area contributed by atoms with Crippen LogP contribution in [-0.2, 0) is 11.2 Å². The lowest BCUT2D eigenvalue weighted by Gasteiger charge is -2.03. The Morgan fingerprint density at radius 3 is 2.71 bits per heavy atom. The first-order valence-corrected chi connectivity index (χ1v) is 4.00. The van der Waals surface area contributed by atoms with Gasteiger partial charge in [-0.1, -0.05) is 30.8 Å². The minimum Gasteiger partial charge on any atom is -0.282 e. The van der Waals surface area contributed by atoms with E-state index in [0.29, 0.717) is 5.56 Å². The third kappa shape index (κ3) is 2.27. The van der Waals surface area contributed by atoms with Crippen molar-refractivity contribution in [3.63, 3.8) is 0 Å². The van der Waals surface area contributed by atoms with E-state index in [1.165, 1.54) is 12.1 Å². The smallest absolute Gasteiger partial charge is 0.236 e. The van der Waals surface area contributed by atoms with Crippen LogP contribution in [0.4, 0.5) is 4.39 Å². The van der Waals surface area contributed by atoms with Crippen molar-refractivity contribution in [3.8, 4) is 6.07 Å². The third-order valence-corrected chi connectivity index (χ3v) is 1.79. The maximum Gasteiger partial charge on any atom is 0.236 e. The highest BCUT2D eigenvalue weighted by molar-refractivity contribution is 5.95. The second-order valence-corrected chi connectivity index (χ2v) is 2.77. The molecule has 0 aromatic heterocycles. The third-order valence-electron chi connectivity index (χ3n) is 1.79. The minimum absolute atomic E-state index is 0.0738. The topological polar surface area (TPSA) is 40.9 Å². The summed E-state index contributed by atoms with van der Waals surface area (Å²) < 4.78 is 12.9. The molecule has 0 bridgehead atoms. The second-order valence-electron chi connectivity index (χ2n) is 2.77. The van der Waals surface area contributed by atoms with Gasteiger partial charge in [0.25, 0.3) is 0 Å². The summed E-state index contributed by atoms with van der Waals surface area (Å²) in [6.45, 7) is 3.16. The molecule has 0 fully saturated rings. The number of hydrogen-bond donors (Lipinski definition) is 0. The Bertz CT molecular complexity index is 418. The summed E-state index contributed by atoms with van der Waals surface area (Å²) in [7, 11) is 0. The summed E-state index contributed by atoms with van der Waals surface area (Å²) in [5.74, 6) is -1.18. The number of Topliss-reactive ketones (excluding diaryl/α,β-unsaturated/α-hetero) is 1. The van der Waals surface area contributed by atoms with Crippen molar-refractivity contribution in [1.29, 1.82) is 5.26 Å². The van der Waals surface area contributed by atoms with Gasteiger partial charge in [0.05, 0.1) is 0 Å². The van der Waals surface area contributed by atoms with E-state index >= 15 is 0 Å². The van der Waals surface area contributed by atoms with Gasteiger partial charge in [-0.25, -0.2) is 4.39 Å². The van der Waals surface area contributed by atoms with Gasteiger partial charge in [-0.15, -0.1) is 0 Å². The van der Waals surface area contributed by atoms with E-state index in [-0.39, 0.29) is 12.0 Å². The number of nitriles is 1. The van der Waals surface area contributed by atoms with E-state index in [1.54, 1.807) is 18.2 Å². The van der Waals surface area contributed by atoms with Crippen LogP contribution in [0.5, 0.6) is 0 Å². The normalized spacial score (nSPS) is 9.14. The molecule has 0 aliphatic rings. The van der Waals surface area contributed by atoms with Crippen LogP contribution in [0.15, 0.2) is 30.8 Å². The van der Waals surface area contributed by atoms with E-state index < -0.39 is 11.6 Å². The molecule has 0 aliphatic heterocycles. The molecule has 0 heterocycles. The van der Waals surface area contributed by atoms with Crippen molar-refractivity contribution >= 4 is 11.6 Å². The highest BCUT2D eigenvalue weighted by Gasteiger charge is 2.08. The number of hydrogen-bond acceptors (Lipinski definition) is 2. The van der Waals surface area contributed by atoms with Crippen LogP contribution in [-0.4, -0.2) is 5.78 Å². The van der Waals surface area contributed by atoms with Gasteiger partial charge in [-0.3, -0.25) is 4.79 Å². The van der Waals surface area contributed by atoms with Gasteiger partial charge < -0.3 is 0 Å². The van der Waals surface area contributed by atoms with Gasteiger partial charge >= 0.3 is 0 Å². The Morgan fingerprint density at radius 1 is 1.50 bits per heavy atom. The molecule has 3 heteroatoms. The molecule has 0 spiro atoms. The maximum atomic E-state index is 12.9. The predicted octanol–water partition coefficient (Wildman–Crippen LogP) is 2.26. The first-order valence-electron chi connectivity index (χ1n) is 4.00. The molecule has 0 N–H and O–H groups in total. The zero-order valence-corrected chi connectivity index (χ0v) is 7.46. The molecule has 1 rings (SSSR count). The van der Waals surface area contributed by atoms with Gasteiger partial charge in [-0.2, -0.15) is 5.26 Å². The minimum atomic E-state index is -0.591. The molecule has 1 aromatic carbocycles. The molecule has 0 saturated heterocycles. The van der Waals surface area contributed by atoms with Crippen LogP contribution in [0.3, 0.4) is 0 Å². The maximum absolute atomic E-state index is 12.9. The summed E-state index contributed by atoms with van der Waals surface area (Å²) in [4.78, 5) is 10.8. The number of carbonyl (C=O) groups excluding carboxylic acids is 1. The van der Waals surface area contributed by atoms with Crippen LogP contribution >= 0.6 is 0 Å². The van der Waals surface area contributed by atoms with Crippen molar-refractivity contribution in [2.45, 2.75) is 6.42 Å². The predicted molar refractivity (Wildman–Crippen MR) is 50.9 cm³/mol. The summed E-state index contributed by atoms with van der Waals surface area (Å²) in [6.07, 6.45) is -0.0738. The monoisotopic (exact) mass is 189 g/mol. The molecule has 0 unspecified atom stereocenters. The van der Waals surface area contributed by atoms with Crippen LogP contribution < -0.4 is 0 Å². The number of benzene rings is 1. The summed E-state index contributed by atoms with van der Waals surface area (Å²) in [5.41, 5.74) is 0.780. The van der Waals surface area contributed by atoms with Gasteiger partial charge in [-0.05, 0) is 5.56 Å². The van der Waals surface area contributed by atoms with Crippen molar-refractivity contribution in [1.82, 2.24) is 0 Å². The molecule has 0 amide bonds. The Morgan fingerprint density at radius 2 is 2.14 bits per heavy atom. The highest BCUT2D eigenvalue weighted by Crippen LogP contribution is 2.18. The Kier molecular flexibility index (Phi) is 3.14. The Hall–Kier alpha value is -1.95. The van der Waals surface area contributed by atoms with Crippen molar-refractivity contribution in [2.24, 2.45) is 0 Å². The fraction of sp³-hybridized carbons (Fsp3) is 0.0909. The standard InChI is InChI=1S/C11H8FNO/c1-8(12)11-5-3-2-4-9(11)6-10(14)7-13/h2-5H,1,6H2. The van der Waals surface area contributed by atoms with Crippen LogP contribution in [0.1, 0.15) is 11.1 Å². The average Bonchev–Trinajstić information content (AvgIpc) is 2.18. The van der Waals surface area contributed by atoms with Gasteiger partial charge in [0.2, 0.25) is 5.78 Å². The molecule has 0 atom stereocenters. The second kappa shape index (κ2) is 4.33. The lowest BCUT2D eigenvalue weighted by atomic mass is 10.0. The van der Waals surface area contributed by atoms with E-state index in [2.05, 4.69) is 6.58 Å². The number of rotatable bonds is 3. The number of halogens is 1. The van der Waals surface area contributed by atoms with E-state index in [4.69, 9.17) is 5.26 Å². The number of carbonyl (C=O) groups is 1. The molecular weight excluding hydrogens is 181 g/mol. The summed E-state index contributed by atoms with van der Waals surface area (Å²) in [5, 5.41) is 8.31. The summed E-state index contributed by atoms with van der Waals surface area (Å²) in [6, 6.07) is 7.97. The summed E-state index contributed by atoms with van der Waals surface area (Å²) >= 11 is 0. The van der Waals surface area contributed by atoms with E-state index in [0.717, 1.165) is 0 Å². The first kappa shape index (κ1) is 10.1. The van der Waals surface area contributed by atoms with Crippen LogP contribution in [0, 0.1) is 11.3 Å². The van der Waals surface area contributed by atoms with Gasteiger partial charge in [0.1, 0.15) is 11.9 Å². The lowest BCUT2D eigenvalue weighted by molar-refractivity contribution is -0.113. The van der Waals surface area contributed by atoms with Crippen molar-refractivity contribution < 1.29 is 9.18 Å². The molecule has 14 heavy (non-hydrogen) atoms. The number of nitrogens with zero attached hydrogens (tertiary/aromatic N) is 1. The van der Waals surface area contributed by atoms with E-state index in [1.807, 2.05) is 0 Å². The van der Waals surface area contributed by atoms with Crippen molar-refractivity contribution in [3.05, 3.63) is 42.0 Å². The molecule has 70 valence electrons. The quantitative estimate of drug-likeness (QED) is 0.684. The zero-order valence-electron chi connectivity index (χ0n) is 7.46. The fourth-order valence-electron chi connectivity index (χ4n) is 1.15. The van der Waals surface area contributed by atoms with Gasteiger partial charge in [0, 0.05) is 12.0 Å². The zero-order chi connectivity index (χ0) is 10.6. The Balaban J connectivity index is 3.03. The SMILES string of the molecule is C=C(F)c1ccccc1CC(=O)C#N.